The minimum atomic E-state index is -0.892. The van der Waals surface area contributed by atoms with Crippen LogP contribution in [0.4, 0.5) is 4.39 Å². The Morgan fingerprint density at radius 3 is 3.00 bits per heavy atom. The molecule has 0 radical (unpaired) electrons. The first-order valence-corrected chi connectivity index (χ1v) is 5.35. The molecule has 0 bridgehead atoms. The van der Waals surface area contributed by atoms with Gasteiger partial charge in [0.2, 0.25) is 0 Å². The predicted octanol–water partition coefficient (Wildman–Crippen LogP) is 2.47. The van der Waals surface area contributed by atoms with Crippen molar-refractivity contribution in [3.63, 3.8) is 0 Å². The van der Waals surface area contributed by atoms with Crippen LogP contribution < -0.4 is 5.32 Å². The molecule has 1 aromatic rings. The third kappa shape index (κ3) is 3.54. The van der Waals surface area contributed by atoms with Gasteiger partial charge in [-0.1, -0.05) is 17.7 Å². The number of carbonyl (C=O) groups excluding carboxylic acids is 1. The van der Waals surface area contributed by atoms with Gasteiger partial charge in [-0.3, -0.25) is 5.32 Å². The van der Waals surface area contributed by atoms with Crippen LogP contribution in [0.5, 0.6) is 0 Å². The Bertz CT molecular complexity index is 423. The number of ether oxygens (including phenoxy) is 1. The first-order valence-electron chi connectivity index (χ1n) is 4.97. The van der Waals surface area contributed by atoms with Crippen LogP contribution in [0.25, 0.3) is 0 Å². The average molecular weight is 258 g/mol. The maximum absolute atomic E-state index is 13.6. The van der Waals surface area contributed by atoms with Crippen LogP contribution in [-0.2, 0) is 9.53 Å². The standard InChI is InChI=1S/C12H13ClFNO2/c1-3-6-15-11(12(16)17-2)9-7-8(13)4-5-10(9)14/h3-5,7,11,15H,1,6H2,2H3. The van der Waals surface area contributed by atoms with Gasteiger partial charge in [0.1, 0.15) is 11.9 Å². The average Bonchev–Trinajstić information content (AvgIpc) is 2.33. The molecule has 0 amide bonds. The van der Waals surface area contributed by atoms with E-state index in [1.54, 1.807) is 6.08 Å². The highest BCUT2D eigenvalue weighted by molar-refractivity contribution is 6.30. The highest BCUT2D eigenvalue weighted by atomic mass is 35.5. The molecule has 0 heterocycles. The number of nitrogens with one attached hydrogen (secondary N) is 1. The molecule has 1 aromatic carbocycles. The first kappa shape index (κ1) is 13.7. The van der Waals surface area contributed by atoms with Crippen LogP contribution in [0.1, 0.15) is 11.6 Å². The number of methoxy groups -OCH3 is 1. The molecule has 0 saturated heterocycles. The summed E-state index contributed by atoms with van der Waals surface area (Å²) >= 11 is 5.78. The van der Waals surface area contributed by atoms with Gasteiger partial charge in [0.15, 0.2) is 0 Å². The molecule has 0 aliphatic rings. The van der Waals surface area contributed by atoms with Crippen molar-refractivity contribution < 1.29 is 13.9 Å². The van der Waals surface area contributed by atoms with Crippen LogP contribution in [0.15, 0.2) is 30.9 Å². The summed E-state index contributed by atoms with van der Waals surface area (Å²) in [6, 6.07) is 3.14. The Morgan fingerprint density at radius 2 is 2.41 bits per heavy atom. The third-order valence-electron chi connectivity index (χ3n) is 2.17. The van der Waals surface area contributed by atoms with E-state index < -0.39 is 17.8 Å². The fraction of sp³-hybridized carbons (Fsp3) is 0.250. The zero-order valence-electron chi connectivity index (χ0n) is 9.37. The van der Waals surface area contributed by atoms with E-state index in [0.29, 0.717) is 11.6 Å². The predicted molar refractivity (Wildman–Crippen MR) is 64.4 cm³/mol. The lowest BCUT2D eigenvalue weighted by atomic mass is 10.1. The molecule has 0 spiro atoms. The van der Waals surface area contributed by atoms with Crippen molar-refractivity contribution >= 4 is 17.6 Å². The third-order valence-corrected chi connectivity index (χ3v) is 2.41. The summed E-state index contributed by atoms with van der Waals surface area (Å²) in [4.78, 5) is 11.6. The fourth-order valence-corrected chi connectivity index (χ4v) is 1.56. The summed E-state index contributed by atoms with van der Waals surface area (Å²) in [5.41, 5.74) is 0.159. The molecule has 17 heavy (non-hydrogen) atoms. The molecule has 1 rings (SSSR count). The number of carbonyl (C=O) groups is 1. The summed E-state index contributed by atoms with van der Waals surface area (Å²) in [6.45, 7) is 3.87. The van der Waals surface area contributed by atoms with Gasteiger partial charge in [-0.25, -0.2) is 9.18 Å². The Labute approximate surface area is 104 Å². The van der Waals surface area contributed by atoms with Crippen molar-refractivity contribution in [2.75, 3.05) is 13.7 Å². The molecule has 0 aliphatic carbocycles. The van der Waals surface area contributed by atoms with E-state index in [-0.39, 0.29) is 5.56 Å². The summed E-state index contributed by atoms with van der Waals surface area (Å²) in [5, 5.41) is 3.17. The SMILES string of the molecule is C=CCNC(C(=O)OC)c1cc(Cl)ccc1F. The van der Waals surface area contributed by atoms with Gasteiger partial charge in [0, 0.05) is 17.1 Å². The Hall–Kier alpha value is -1.39. The number of esters is 1. The quantitative estimate of drug-likeness (QED) is 0.651. The molecular weight excluding hydrogens is 245 g/mol. The Kier molecular flexibility index (Phi) is 5.12. The molecule has 5 heteroatoms. The zero-order valence-corrected chi connectivity index (χ0v) is 10.1. The number of hydrogen-bond donors (Lipinski definition) is 1. The molecule has 0 aliphatic heterocycles. The van der Waals surface area contributed by atoms with Crippen molar-refractivity contribution in [1.82, 2.24) is 5.32 Å². The van der Waals surface area contributed by atoms with Crippen LogP contribution in [0.2, 0.25) is 5.02 Å². The molecule has 0 saturated carbocycles. The van der Waals surface area contributed by atoms with Crippen molar-refractivity contribution in [2.24, 2.45) is 0 Å². The van der Waals surface area contributed by atoms with Gasteiger partial charge in [0.05, 0.1) is 7.11 Å². The second kappa shape index (κ2) is 6.37. The van der Waals surface area contributed by atoms with E-state index in [2.05, 4.69) is 16.6 Å². The smallest absolute Gasteiger partial charge is 0.327 e. The van der Waals surface area contributed by atoms with Crippen molar-refractivity contribution in [1.29, 1.82) is 0 Å². The minimum absolute atomic E-state index is 0.159. The molecule has 92 valence electrons. The maximum Gasteiger partial charge on any atom is 0.327 e. The number of rotatable bonds is 5. The normalized spacial score (nSPS) is 11.9. The second-order valence-corrected chi connectivity index (χ2v) is 3.76. The molecule has 1 unspecified atom stereocenters. The molecule has 0 aromatic heterocycles. The van der Waals surface area contributed by atoms with Gasteiger partial charge in [-0.15, -0.1) is 6.58 Å². The monoisotopic (exact) mass is 257 g/mol. The lowest BCUT2D eigenvalue weighted by Crippen LogP contribution is -2.30. The first-order chi connectivity index (χ1) is 8.10. The van der Waals surface area contributed by atoms with Gasteiger partial charge in [-0.2, -0.15) is 0 Å². The summed E-state index contributed by atoms with van der Waals surface area (Å²) in [6.07, 6.45) is 1.57. The Morgan fingerprint density at radius 1 is 1.71 bits per heavy atom. The van der Waals surface area contributed by atoms with Crippen LogP contribution in [0, 0.1) is 5.82 Å². The van der Waals surface area contributed by atoms with E-state index >= 15 is 0 Å². The summed E-state index contributed by atoms with van der Waals surface area (Å²) in [7, 11) is 1.24. The van der Waals surface area contributed by atoms with Gasteiger partial charge in [0.25, 0.3) is 0 Å². The Balaban J connectivity index is 3.06. The highest BCUT2D eigenvalue weighted by Crippen LogP contribution is 2.22. The number of halogens is 2. The molecule has 3 nitrogen and oxygen atoms in total. The zero-order chi connectivity index (χ0) is 12.8. The van der Waals surface area contributed by atoms with Crippen molar-refractivity contribution in [2.45, 2.75) is 6.04 Å². The van der Waals surface area contributed by atoms with Gasteiger partial charge < -0.3 is 4.74 Å². The van der Waals surface area contributed by atoms with Crippen molar-refractivity contribution in [3.05, 3.63) is 47.3 Å². The fourth-order valence-electron chi connectivity index (χ4n) is 1.38. The molecular formula is C12H13ClFNO2. The summed E-state index contributed by atoms with van der Waals surface area (Å²) < 4.78 is 18.2. The van der Waals surface area contributed by atoms with Gasteiger partial charge >= 0.3 is 5.97 Å². The number of hydrogen-bond acceptors (Lipinski definition) is 3. The summed E-state index contributed by atoms with van der Waals surface area (Å²) in [5.74, 6) is -1.09. The van der Waals surface area contributed by atoms with E-state index in [1.165, 1.54) is 25.3 Å². The van der Waals surface area contributed by atoms with Crippen molar-refractivity contribution in [3.8, 4) is 0 Å². The van der Waals surface area contributed by atoms with Crippen LogP contribution in [0.3, 0.4) is 0 Å². The van der Waals surface area contributed by atoms with Crippen LogP contribution >= 0.6 is 11.6 Å². The minimum Gasteiger partial charge on any atom is -0.468 e. The molecule has 1 atom stereocenters. The van der Waals surface area contributed by atoms with E-state index in [0.717, 1.165) is 0 Å². The lowest BCUT2D eigenvalue weighted by molar-refractivity contribution is -0.143. The van der Waals surface area contributed by atoms with E-state index in [1.807, 2.05) is 0 Å². The van der Waals surface area contributed by atoms with Gasteiger partial charge in [-0.05, 0) is 18.2 Å². The number of benzene rings is 1. The van der Waals surface area contributed by atoms with E-state index in [9.17, 15) is 9.18 Å². The lowest BCUT2D eigenvalue weighted by Gasteiger charge is -2.16. The molecule has 1 N–H and O–H groups in total. The highest BCUT2D eigenvalue weighted by Gasteiger charge is 2.23. The van der Waals surface area contributed by atoms with E-state index in [4.69, 9.17) is 11.6 Å². The molecule has 0 fully saturated rings. The largest absolute Gasteiger partial charge is 0.468 e. The van der Waals surface area contributed by atoms with Crippen LogP contribution in [-0.4, -0.2) is 19.6 Å². The maximum atomic E-state index is 13.6. The topological polar surface area (TPSA) is 38.3 Å². The second-order valence-electron chi connectivity index (χ2n) is 3.32.